The molecule has 0 aliphatic carbocycles. The number of oxime groups is 1. The summed E-state index contributed by atoms with van der Waals surface area (Å²) >= 11 is 6.19. The Kier molecular flexibility index (Phi) is 5.09. The summed E-state index contributed by atoms with van der Waals surface area (Å²) in [5, 5.41) is 5.06. The maximum absolute atomic E-state index is 12.7. The van der Waals surface area contributed by atoms with Crippen LogP contribution in [0.5, 0.6) is 5.75 Å². The van der Waals surface area contributed by atoms with E-state index in [-0.39, 0.29) is 11.3 Å². The van der Waals surface area contributed by atoms with E-state index < -0.39 is 0 Å². The van der Waals surface area contributed by atoms with Crippen LogP contribution in [0.4, 0.5) is 0 Å². The van der Waals surface area contributed by atoms with Crippen LogP contribution < -0.4 is 10.3 Å². The van der Waals surface area contributed by atoms with Gasteiger partial charge in [-0.2, -0.15) is 0 Å². The molecule has 0 aliphatic heterocycles. The number of pyridine rings is 1. The first-order valence-corrected chi connectivity index (χ1v) is 8.27. The zero-order chi connectivity index (χ0) is 18.7. The van der Waals surface area contributed by atoms with Crippen LogP contribution in [0.1, 0.15) is 12.5 Å². The van der Waals surface area contributed by atoms with Gasteiger partial charge in [0, 0.05) is 27.7 Å². The molecule has 0 atom stereocenters. The number of nitrogens with zero attached hydrogens (tertiary/aromatic N) is 1. The van der Waals surface area contributed by atoms with Gasteiger partial charge >= 0.3 is 0 Å². The lowest BCUT2D eigenvalue weighted by molar-refractivity contribution is 0.301. The molecular weight excluding hydrogens is 352 g/mol. The van der Waals surface area contributed by atoms with Gasteiger partial charge in [0.25, 0.3) is 5.56 Å². The van der Waals surface area contributed by atoms with Gasteiger partial charge in [-0.25, -0.2) is 0 Å². The highest BCUT2D eigenvalue weighted by Gasteiger charge is 2.19. The van der Waals surface area contributed by atoms with Gasteiger partial charge in [-0.05, 0) is 42.8 Å². The molecule has 0 unspecified atom stereocenters. The lowest BCUT2D eigenvalue weighted by Gasteiger charge is -2.14. The Labute approximate surface area is 155 Å². The number of fused-ring (bicyclic) bond motifs is 1. The first-order valence-electron chi connectivity index (χ1n) is 7.89. The van der Waals surface area contributed by atoms with Gasteiger partial charge in [0.05, 0.1) is 12.7 Å². The fraction of sp³-hybridized carbons (Fsp3) is 0.100. The summed E-state index contributed by atoms with van der Waals surface area (Å²) in [7, 11) is 1.60. The number of hydrogen-bond donors (Lipinski definition) is 1. The van der Waals surface area contributed by atoms with Crippen LogP contribution in [0.15, 0.2) is 59.0 Å². The van der Waals surface area contributed by atoms with E-state index in [0.29, 0.717) is 27.4 Å². The largest absolute Gasteiger partial charge is 0.497 e. The number of aromatic amines is 1. The van der Waals surface area contributed by atoms with Crippen molar-refractivity contribution in [3.63, 3.8) is 0 Å². The smallest absolute Gasteiger partial charge is 0.260 e. The van der Waals surface area contributed by atoms with Crippen LogP contribution in [-0.2, 0) is 4.84 Å². The molecule has 6 heteroatoms. The fourth-order valence-corrected chi connectivity index (χ4v) is 2.92. The average molecular weight is 369 g/mol. The van der Waals surface area contributed by atoms with Gasteiger partial charge in [0.2, 0.25) is 0 Å². The van der Waals surface area contributed by atoms with E-state index in [1.807, 2.05) is 24.3 Å². The summed E-state index contributed by atoms with van der Waals surface area (Å²) in [5.74, 6) is 0.866. The minimum absolute atomic E-state index is 0.150. The van der Waals surface area contributed by atoms with E-state index in [0.717, 1.165) is 10.9 Å². The number of benzene rings is 2. The summed E-state index contributed by atoms with van der Waals surface area (Å²) in [4.78, 5) is 20.8. The highest BCUT2D eigenvalue weighted by atomic mass is 35.5. The molecular formula is C20H17ClN2O3. The average Bonchev–Trinajstić information content (AvgIpc) is 2.65. The summed E-state index contributed by atoms with van der Waals surface area (Å²) in [6.45, 7) is 5.57. The van der Waals surface area contributed by atoms with Crippen LogP contribution >= 0.6 is 11.6 Å². The molecule has 3 aromatic rings. The second-order valence-corrected chi connectivity index (χ2v) is 5.94. The van der Waals surface area contributed by atoms with Crippen molar-refractivity contribution >= 4 is 34.5 Å². The standard InChI is InChI=1S/C20H17ClN2O3/c1-4-22-26-12(2)18-19(13-5-8-15(25-3)9-6-13)16-11-14(21)7-10-17(16)23-20(18)24/h4-11H,2H2,1,3H3,(H,23,24)/b22-4+. The van der Waals surface area contributed by atoms with Gasteiger partial charge in [-0.1, -0.05) is 35.5 Å². The Bertz CT molecular complexity index is 1050. The van der Waals surface area contributed by atoms with Gasteiger partial charge < -0.3 is 14.6 Å². The molecule has 3 rings (SSSR count). The predicted octanol–water partition coefficient (Wildman–Crippen LogP) is 4.85. The summed E-state index contributed by atoms with van der Waals surface area (Å²) < 4.78 is 5.22. The zero-order valence-corrected chi connectivity index (χ0v) is 15.1. The van der Waals surface area contributed by atoms with Crippen LogP contribution in [0.2, 0.25) is 5.02 Å². The molecule has 0 spiro atoms. The van der Waals surface area contributed by atoms with Crippen molar-refractivity contribution in [1.82, 2.24) is 4.98 Å². The highest BCUT2D eigenvalue weighted by Crippen LogP contribution is 2.34. The predicted molar refractivity (Wildman–Crippen MR) is 106 cm³/mol. The molecule has 0 saturated heterocycles. The number of nitrogens with one attached hydrogen (secondary N) is 1. The maximum Gasteiger partial charge on any atom is 0.260 e. The van der Waals surface area contributed by atoms with Gasteiger partial charge in [-0.15, -0.1) is 0 Å². The van der Waals surface area contributed by atoms with Crippen LogP contribution in [-0.4, -0.2) is 18.3 Å². The Hall–Kier alpha value is -3.05. The molecule has 1 aromatic heterocycles. The number of methoxy groups -OCH3 is 1. The third-order valence-electron chi connectivity index (χ3n) is 3.90. The van der Waals surface area contributed by atoms with Crippen molar-refractivity contribution in [2.24, 2.45) is 5.16 Å². The van der Waals surface area contributed by atoms with E-state index in [9.17, 15) is 4.79 Å². The van der Waals surface area contributed by atoms with E-state index in [1.165, 1.54) is 6.21 Å². The van der Waals surface area contributed by atoms with Crippen molar-refractivity contribution in [1.29, 1.82) is 0 Å². The molecule has 0 fully saturated rings. The van der Waals surface area contributed by atoms with Crippen molar-refractivity contribution in [2.45, 2.75) is 6.92 Å². The summed E-state index contributed by atoms with van der Waals surface area (Å²) in [6, 6.07) is 12.7. The van der Waals surface area contributed by atoms with Gasteiger partial charge in [0.15, 0.2) is 5.76 Å². The number of ether oxygens (including phenoxy) is 1. The molecule has 26 heavy (non-hydrogen) atoms. The number of aromatic nitrogens is 1. The van der Waals surface area contributed by atoms with E-state index >= 15 is 0 Å². The molecule has 0 radical (unpaired) electrons. The number of halogens is 1. The van der Waals surface area contributed by atoms with Crippen molar-refractivity contribution in [2.75, 3.05) is 7.11 Å². The fourth-order valence-electron chi connectivity index (χ4n) is 2.75. The Morgan fingerprint density at radius 2 is 1.96 bits per heavy atom. The number of hydrogen-bond acceptors (Lipinski definition) is 4. The topological polar surface area (TPSA) is 63.7 Å². The Balaban J connectivity index is 2.35. The van der Waals surface area contributed by atoms with Gasteiger partial charge in [0.1, 0.15) is 5.75 Å². The molecule has 5 nitrogen and oxygen atoms in total. The SMILES string of the molecule is C=C(O/N=C/C)c1c(-c2ccc(OC)cc2)c2cc(Cl)ccc2[nH]c1=O. The third kappa shape index (κ3) is 3.34. The second kappa shape index (κ2) is 7.45. The molecule has 1 N–H and O–H groups in total. The summed E-state index contributed by atoms with van der Waals surface area (Å²) in [5.41, 5.74) is 2.13. The maximum atomic E-state index is 12.7. The number of rotatable bonds is 5. The first-order chi connectivity index (χ1) is 12.5. The Morgan fingerprint density at radius 1 is 1.23 bits per heavy atom. The van der Waals surface area contributed by atoms with Crippen molar-refractivity contribution in [3.8, 4) is 16.9 Å². The van der Waals surface area contributed by atoms with E-state index in [1.54, 1.807) is 32.2 Å². The third-order valence-corrected chi connectivity index (χ3v) is 4.14. The normalized spacial score (nSPS) is 11.0. The van der Waals surface area contributed by atoms with E-state index in [2.05, 4.69) is 16.7 Å². The zero-order valence-electron chi connectivity index (χ0n) is 14.4. The lowest BCUT2D eigenvalue weighted by Crippen LogP contribution is -2.14. The molecule has 132 valence electrons. The summed E-state index contributed by atoms with van der Waals surface area (Å²) in [6.07, 6.45) is 1.48. The molecule has 0 saturated carbocycles. The van der Waals surface area contributed by atoms with Crippen LogP contribution in [0.25, 0.3) is 27.8 Å². The second-order valence-electron chi connectivity index (χ2n) is 5.50. The van der Waals surface area contributed by atoms with E-state index in [4.69, 9.17) is 21.2 Å². The quantitative estimate of drug-likeness (QED) is 0.397. The molecule has 0 amide bonds. The first kappa shape index (κ1) is 17.8. The van der Waals surface area contributed by atoms with Crippen molar-refractivity contribution < 1.29 is 9.57 Å². The highest BCUT2D eigenvalue weighted by molar-refractivity contribution is 6.31. The molecule has 0 bridgehead atoms. The van der Waals surface area contributed by atoms with Crippen LogP contribution in [0, 0.1) is 0 Å². The Morgan fingerprint density at radius 3 is 2.62 bits per heavy atom. The lowest BCUT2D eigenvalue weighted by atomic mass is 9.95. The molecule has 0 aliphatic rings. The van der Waals surface area contributed by atoms with Gasteiger partial charge in [-0.3, -0.25) is 4.79 Å². The van der Waals surface area contributed by atoms with Crippen LogP contribution in [0.3, 0.4) is 0 Å². The monoisotopic (exact) mass is 368 g/mol. The minimum atomic E-state index is -0.318. The molecule has 2 aromatic carbocycles. The van der Waals surface area contributed by atoms with Crippen molar-refractivity contribution in [3.05, 3.63) is 70.0 Å². The number of H-pyrrole nitrogens is 1. The minimum Gasteiger partial charge on any atom is -0.497 e. The molecule has 1 heterocycles.